The maximum atomic E-state index is 11.6. The van der Waals surface area contributed by atoms with Gasteiger partial charge in [0.05, 0.1) is 6.04 Å². The summed E-state index contributed by atoms with van der Waals surface area (Å²) in [6, 6.07) is -0.335. The van der Waals surface area contributed by atoms with Crippen LogP contribution in [0.25, 0.3) is 0 Å². The summed E-state index contributed by atoms with van der Waals surface area (Å²) < 4.78 is 0. The zero-order valence-corrected chi connectivity index (χ0v) is 9.33. The standard InChI is InChI=1S/C11H22N2O/c1-3-4-10-5-7-13(8-6-10)11(14)9(2)12/h9-10H,3-8,12H2,1-2H3/t9-/m0/s1. The first kappa shape index (κ1) is 11.5. The third kappa shape index (κ3) is 2.98. The number of nitrogens with two attached hydrogens (primary N) is 1. The maximum absolute atomic E-state index is 11.6. The van der Waals surface area contributed by atoms with Gasteiger partial charge >= 0.3 is 0 Å². The summed E-state index contributed by atoms with van der Waals surface area (Å²) in [7, 11) is 0. The molecule has 14 heavy (non-hydrogen) atoms. The lowest BCUT2D eigenvalue weighted by atomic mass is 9.92. The lowest BCUT2D eigenvalue weighted by Crippen LogP contribution is -2.45. The minimum absolute atomic E-state index is 0.111. The van der Waals surface area contributed by atoms with Crippen molar-refractivity contribution in [3.63, 3.8) is 0 Å². The van der Waals surface area contributed by atoms with Crippen LogP contribution in [0.5, 0.6) is 0 Å². The Bertz CT molecular complexity index is 184. The third-order valence-corrected chi connectivity index (χ3v) is 3.01. The highest BCUT2D eigenvalue weighted by molar-refractivity contribution is 5.81. The Morgan fingerprint density at radius 2 is 2.07 bits per heavy atom. The molecule has 3 heteroatoms. The Hall–Kier alpha value is -0.570. The molecule has 1 aliphatic heterocycles. The number of nitrogens with zero attached hydrogens (tertiary/aromatic N) is 1. The molecule has 3 nitrogen and oxygen atoms in total. The van der Waals surface area contributed by atoms with Crippen molar-refractivity contribution in [1.29, 1.82) is 0 Å². The van der Waals surface area contributed by atoms with Crippen LogP contribution in [-0.4, -0.2) is 29.9 Å². The van der Waals surface area contributed by atoms with Gasteiger partial charge in [-0.1, -0.05) is 19.8 Å². The largest absolute Gasteiger partial charge is 0.341 e. The van der Waals surface area contributed by atoms with Gasteiger partial charge in [-0.25, -0.2) is 0 Å². The zero-order chi connectivity index (χ0) is 10.6. The third-order valence-electron chi connectivity index (χ3n) is 3.01. The molecule has 82 valence electrons. The molecule has 0 saturated carbocycles. The summed E-state index contributed by atoms with van der Waals surface area (Å²) in [6.45, 7) is 5.80. The Kier molecular flexibility index (Phi) is 4.39. The Morgan fingerprint density at radius 1 is 1.50 bits per heavy atom. The number of piperidine rings is 1. The van der Waals surface area contributed by atoms with Gasteiger partial charge in [-0.15, -0.1) is 0 Å². The monoisotopic (exact) mass is 198 g/mol. The fraction of sp³-hybridized carbons (Fsp3) is 0.909. The van der Waals surface area contributed by atoms with Crippen LogP contribution >= 0.6 is 0 Å². The van der Waals surface area contributed by atoms with Crippen molar-refractivity contribution in [3.8, 4) is 0 Å². The van der Waals surface area contributed by atoms with Crippen molar-refractivity contribution in [1.82, 2.24) is 4.90 Å². The summed E-state index contributed by atoms with van der Waals surface area (Å²) in [5, 5.41) is 0. The molecule has 1 atom stereocenters. The highest BCUT2D eigenvalue weighted by atomic mass is 16.2. The summed E-state index contributed by atoms with van der Waals surface area (Å²) in [5.74, 6) is 0.942. The number of carbonyl (C=O) groups excluding carboxylic acids is 1. The lowest BCUT2D eigenvalue weighted by Gasteiger charge is -2.32. The molecule has 1 rings (SSSR count). The molecule has 0 bridgehead atoms. The number of amides is 1. The summed E-state index contributed by atoms with van der Waals surface area (Å²) in [6.07, 6.45) is 4.88. The predicted molar refractivity (Wildman–Crippen MR) is 57.9 cm³/mol. The summed E-state index contributed by atoms with van der Waals surface area (Å²) >= 11 is 0. The van der Waals surface area contributed by atoms with Crippen LogP contribution in [0.1, 0.15) is 39.5 Å². The normalized spacial score (nSPS) is 20.9. The molecule has 1 fully saturated rings. The van der Waals surface area contributed by atoms with Crippen LogP contribution in [0.2, 0.25) is 0 Å². The van der Waals surface area contributed by atoms with Gasteiger partial charge in [-0.2, -0.15) is 0 Å². The Morgan fingerprint density at radius 3 is 2.50 bits per heavy atom. The van der Waals surface area contributed by atoms with E-state index in [-0.39, 0.29) is 11.9 Å². The molecule has 1 amide bonds. The molecular weight excluding hydrogens is 176 g/mol. The first-order valence-electron chi connectivity index (χ1n) is 5.69. The molecule has 0 aliphatic carbocycles. The summed E-state index contributed by atoms with van der Waals surface area (Å²) in [4.78, 5) is 13.5. The van der Waals surface area contributed by atoms with Crippen LogP contribution in [-0.2, 0) is 4.79 Å². The van der Waals surface area contributed by atoms with E-state index >= 15 is 0 Å². The fourth-order valence-electron chi connectivity index (χ4n) is 2.14. The average molecular weight is 198 g/mol. The maximum Gasteiger partial charge on any atom is 0.239 e. The predicted octanol–water partition coefficient (Wildman–Crippen LogP) is 1.37. The van der Waals surface area contributed by atoms with Crippen molar-refractivity contribution < 1.29 is 4.79 Å². The van der Waals surface area contributed by atoms with Gasteiger partial charge in [0, 0.05) is 13.1 Å². The zero-order valence-electron chi connectivity index (χ0n) is 9.33. The second-order valence-electron chi connectivity index (χ2n) is 4.35. The molecule has 0 radical (unpaired) electrons. The topological polar surface area (TPSA) is 46.3 Å². The highest BCUT2D eigenvalue weighted by Gasteiger charge is 2.23. The van der Waals surface area contributed by atoms with Gasteiger partial charge in [0.15, 0.2) is 0 Å². The van der Waals surface area contributed by atoms with Crippen LogP contribution < -0.4 is 5.73 Å². The number of rotatable bonds is 3. The molecule has 1 saturated heterocycles. The van der Waals surface area contributed by atoms with Gasteiger partial charge in [0.2, 0.25) is 5.91 Å². The van der Waals surface area contributed by atoms with Crippen LogP contribution in [0.3, 0.4) is 0 Å². The molecule has 0 unspecified atom stereocenters. The Balaban J connectivity index is 2.32. The van der Waals surface area contributed by atoms with E-state index in [0.717, 1.165) is 31.8 Å². The van der Waals surface area contributed by atoms with Gasteiger partial charge < -0.3 is 10.6 Å². The van der Waals surface area contributed by atoms with Crippen LogP contribution in [0.4, 0.5) is 0 Å². The molecule has 0 aromatic carbocycles. The summed E-state index contributed by atoms with van der Waals surface area (Å²) in [5.41, 5.74) is 5.57. The first-order valence-corrected chi connectivity index (χ1v) is 5.69. The van der Waals surface area contributed by atoms with Crippen LogP contribution in [0.15, 0.2) is 0 Å². The van der Waals surface area contributed by atoms with Crippen molar-refractivity contribution in [2.24, 2.45) is 11.7 Å². The van der Waals surface area contributed by atoms with Gasteiger partial charge in [-0.05, 0) is 25.7 Å². The van der Waals surface area contributed by atoms with Gasteiger partial charge in [0.1, 0.15) is 0 Å². The van der Waals surface area contributed by atoms with Crippen molar-refractivity contribution in [2.45, 2.75) is 45.6 Å². The molecule has 0 aromatic heterocycles. The average Bonchev–Trinajstić information content (AvgIpc) is 2.18. The van der Waals surface area contributed by atoms with Crippen molar-refractivity contribution in [3.05, 3.63) is 0 Å². The van der Waals surface area contributed by atoms with Crippen LogP contribution in [0, 0.1) is 5.92 Å². The smallest absolute Gasteiger partial charge is 0.239 e. The van der Waals surface area contributed by atoms with E-state index in [2.05, 4.69) is 6.92 Å². The SMILES string of the molecule is CCCC1CCN(C(=O)[C@H](C)N)CC1. The second-order valence-corrected chi connectivity index (χ2v) is 4.35. The van der Waals surface area contributed by atoms with Crippen molar-refractivity contribution >= 4 is 5.91 Å². The van der Waals surface area contributed by atoms with E-state index in [1.165, 1.54) is 12.8 Å². The lowest BCUT2D eigenvalue weighted by molar-refractivity contribution is -0.133. The number of carbonyl (C=O) groups is 1. The van der Waals surface area contributed by atoms with Crippen molar-refractivity contribution in [2.75, 3.05) is 13.1 Å². The number of likely N-dealkylation sites (tertiary alicyclic amines) is 1. The minimum Gasteiger partial charge on any atom is -0.341 e. The number of hydrogen-bond acceptors (Lipinski definition) is 2. The van der Waals surface area contributed by atoms with Gasteiger partial charge in [-0.3, -0.25) is 4.79 Å². The fourth-order valence-corrected chi connectivity index (χ4v) is 2.14. The highest BCUT2D eigenvalue weighted by Crippen LogP contribution is 2.21. The van der Waals surface area contributed by atoms with E-state index < -0.39 is 0 Å². The molecule has 1 heterocycles. The van der Waals surface area contributed by atoms with E-state index in [4.69, 9.17) is 5.73 Å². The quantitative estimate of drug-likeness (QED) is 0.744. The van der Waals surface area contributed by atoms with E-state index in [9.17, 15) is 4.79 Å². The molecule has 0 spiro atoms. The Labute approximate surface area is 86.6 Å². The molecular formula is C11H22N2O. The van der Waals surface area contributed by atoms with E-state index in [0.29, 0.717) is 0 Å². The second kappa shape index (κ2) is 5.35. The minimum atomic E-state index is -0.335. The molecule has 0 aromatic rings. The molecule has 2 N–H and O–H groups in total. The number of hydrogen-bond donors (Lipinski definition) is 1. The van der Waals surface area contributed by atoms with E-state index in [1.807, 2.05) is 4.90 Å². The first-order chi connectivity index (χ1) is 6.65. The van der Waals surface area contributed by atoms with E-state index in [1.54, 1.807) is 6.92 Å². The van der Waals surface area contributed by atoms with Gasteiger partial charge in [0.25, 0.3) is 0 Å². The molecule has 1 aliphatic rings.